The van der Waals surface area contributed by atoms with E-state index in [-0.39, 0.29) is 6.42 Å². The predicted molar refractivity (Wildman–Crippen MR) is 140 cm³/mol. The number of hydrogen-bond donors (Lipinski definition) is 2. The molecule has 1 unspecified atom stereocenters. The fraction of sp³-hybridized carbons (Fsp3) is 0.367. The van der Waals surface area contributed by atoms with Gasteiger partial charge in [-0.2, -0.15) is 0 Å². The fourth-order valence-corrected chi connectivity index (χ4v) is 4.36. The van der Waals surface area contributed by atoms with Crippen LogP contribution >= 0.6 is 0 Å². The van der Waals surface area contributed by atoms with Crippen molar-refractivity contribution in [2.75, 3.05) is 20.3 Å². The summed E-state index contributed by atoms with van der Waals surface area (Å²) in [5.74, 6) is 1.46. The fourth-order valence-electron chi connectivity index (χ4n) is 4.36. The van der Waals surface area contributed by atoms with Crippen molar-refractivity contribution in [3.8, 4) is 17.2 Å². The Labute approximate surface area is 213 Å². The maximum atomic E-state index is 12.3. The monoisotopic (exact) mass is 492 g/mol. The molecule has 0 saturated heterocycles. The van der Waals surface area contributed by atoms with Crippen LogP contribution in [-0.2, 0) is 16.8 Å². The minimum absolute atomic E-state index is 0.174. The summed E-state index contributed by atoms with van der Waals surface area (Å²) in [6.45, 7) is 4.98. The molecule has 192 valence electrons. The van der Waals surface area contributed by atoms with Gasteiger partial charge in [-0.05, 0) is 91.8 Å². The van der Waals surface area contributed by atoms with Crippen molar-refractivity contribution >= 4 is 5.97 Å². The molecule has 0 aliphatic heterocycles. The van der Waals surface area contributed by atoms with E-state index in [1.54, 1.807) is 7.11 Å². The van der Waals surface area contributed by atoms with Gasteiger partial charge in [-0.1, -0.05) is 36.8 Å². The summed E-state index contributed by atoms with van der Waals surface area (Å²) in [5, 5.41) is 21.2. The molecule has 0 bridgehead atoms. The average molecular weight is 493 g/mol. The number of aliphatic hydroxyl groups is 1. The van der Waals surface area contributed by atoms with Gasteiger partial charge in [0.15, 0.2) is 0 Å². The third-order valence-electron chi connectivity index (χ3n) is 6.21. The number of benzene rings is 3. The maximum Gasteiger partial charge on any atom is 0.303 e. The SMILES string of the molecule is CCOc1ccc(C(O)(c2ccc(OC)cc2)c2ccc(OCC)c(CCCCCC(=O)O)c2)cc1. The molecule has 3 aromatic rings. The molecule has 0 heterocycles. The molecule has 6 nitrogen and oxygen atoms in total. The van der Waals surface area contributed by atoms with Crippen LogP contribution in [0.5, 0.6) is 17.2 Å². The summed E-state index contributed by atoms with van der Waals surface area (Å²) in [7, 11) is 1.61. The van der Waals surface area contributed by atoms with Gasteiger partial charge in [0.2, 0.25) is 0 Å². The first-order valence-electron chi connectivity index (χ1n) is 12.5. The Bertz CT molecular complexity index is 1110. The number of methoxy groups -OCH3 is 1. The van der Waals surface area contributed by atoms with Gasteiger partial charge in [0.05, 0.1) is 20.3 Å². The molecule has 3 rings (SSSR count). The first kappa shape index (κ1) is 27.1. The Kier molecular flexibility index (Phi) is 9.77. The highest BCUT2D eigenvalue weighted by molar-refractivity contribution is 5.66. The third kappa shape index (κ3) is 6.58. The summed E-state index contributed by atoms with van der Waals surface area (Å²) in [6.07, 6.45) is 3.18. The lowest BCUT2D eigenvalue weighted by atomic mass is 9.79. The van der Waals surface area contributed by atoms with Gasteiger partial charge in [0.25, 0.3) is 0 Å². The summed E-state index contributed by atoms with van der Waals surface area (Å²) in [5.41, 5.74) is 1.72. The van der Waals surface area contributed by atoms with Crippen LogP contribution in [0.25, 0.3) is 0 Å². The topological polar surface area (TPSA) is 85.2 Å². The van der Waals surface area contributed by atoms with Crippen LogP contribution in [0, 0.1) is 0 Å². The van der Waals surface area contributed by atoms with Crippen LogP contribution in [0.4, 0.5) is 0 Å². The van der Waals surface area contributed by atoms with E-state index < -0.39 is 11.6 Å². The van der Waals surface area contributed by atoms with Gasteiger partial charge in [-0.15, -0.1) is 0 Å². The van der Waals surface area contributed by atoms with E-state index >= 15 is 0 Å². The van der Waals surface area contributed by atoms with Gasteiger partial charge in [0.1, 0.15) is 22.8 Å². The predicted octanol–water partition coefficient (Wildman–Crippen LogP) is 5.96. The average Bonchev–Trinajstić information content (AvgIpc) is 2.89. The lowest BCUT2D eigenvalue weighted by Crippen LogP contribution is -2.29. The number of carboxylic acids is 1. The minimum atomic E-state index is -1.42. The summed E-state index contributed by atoms with van der Waals surface area (Å²) >= 11 is 0. The van der Waals surface area contributed by atoms with E-state index in [1.807, 2.05) is 80.6 Å². The first-order valence-corrected chi connectivity index (χ1v) is 12.5. The van der Waals surface area contributed by atoms with Crippen molar-refractivity contribution in [1.29, 1.82) is 0 Å². The van der Waals surface area contributed by atoms with Crippen molar-refractivity contribution in [2.45, 2.75) is 51.6 Å². The molecule has 3 aromatic carbocycles. The highest BCUT2D eigenvalue weighted by atomic mass is 16.5. The van der Waals surface area contributed by atoms with Gasteiger partial charge >= 0.3 is 5.97 Å². The van der Waals surface area contributed by atoms with Crippen molar-refractivity contribution in [3.05, 3.63) is 89.0 Å². The lowest BCUT2D eigenvalue weighted by Gasteiger charge is -2.31. The highest BCUT2D eigenvalue weighted by Crippen LogP contribution is 2.40. The number of hydrogen-bond acceptors (Lipinski definition) is 5. The molecule has 0 saturated carbocycles. The van der Waals surface area contributed by atoms with Crippen LogP contribution < -0.4 is 14.2 Å². The number of unbranched alkanes of at least 4 members (excludes halogenated alkanes) is 2. The lowest BCUT2D eigenvalue weighted by molar-refractivity contribution is -0.137. The molecule has 0 aliphatic rings. The van der Waals surface area contributed by atoms with Crippen molar-refractivity contribution in [3.63, 3.8) is 0 Å². The van der Waals surface area contributed by atoms with E-state index in [9.17, 15) is 9.90 Å². The summed E-state index contributed by atoms with van der Waals surface area (Å²) < 4.78 is 16.8. The Morgan fingerprint density at radius 2 is 1.36 bits per heavy atom. The number of aliphatic carboxylic acids is 1. The first-order chi connectivity index (χ1) is 17.4. The van der Waals surface area contributed by atoms with E-state index in [2.05, 4.69) is 0 Å². The minimum Gasteiger partial charge on any atom is -0.497 e. The van der Waals surface area contributed by atoms with Gasteiger partial charge in [-0.25, -0.2) is 0 Å². The van der Waals surface area contributed by atoms with Crippen molar-refractivity contribution < 1.29 is 29.2 Å². The number of carboxylic acid groups (broad SMARTS) is 1. The van der Waals surface area contributed by atoms with E-state index in [0.717, 1.165) is 41.9 Å². The molecular formula is C30H36O6. The van der Waals surface area contributed by atoms with Crippen LogP contribution in [0.3, 0.4) is 0 Å². The van der Waals surface area contributed by atoms with Gasteiger partial charge in [0, 0.05) is 6.42 Å². The Hall–Kier alpha value is -3.51. The smallest absolute Gasteiger partial charge is 0.303 e. The second-order valence-electron chi connectivity index (χ2n) is 8.61. The van der Waals surface area contributed by atoms with Crippen LogP contribution in [0.2, 0.25) is 0 Å². The maximum absolute atomic E-state index is 12.3. The second kappa shape index (κ2) is 13.0. The van der Waals surface area contributed by atoms with E-state index in [0.29, 0.717) is 36.5 Å². The van der Waals surface area contributed by atoms with Crippen LogP contribution in [0.1, 0.15) is 61.8 Å². The van der Waals surface area contributed by atoms with Crippen molar-refractivity contribution in [2.24, 2.45) is 0 Å². The molecule has 2 N–H and O–H groups in total. The normalized spacial score (nSPS) is 12.6. The Morgan fingerprint density at radius 3 is 1.92 bits per heavy atom. The Morgan fingerprint density at radius 1 is 0.778 bits per heavy atom. The van der Waals surface area contributed by atoms with Crippen LogP contribution in [0.15, 0.2) is 66.7 Å². The molecular weight excluding hydrogens is 456 g/mol. The molecule has 0 aliphatic carbocycles. The van der Waals surface area contributed by atoms with Crippen LogP contribution in [-0.4, -0.2) is 36.5 Å². The largest absolute Gasteiger partial charge is 0.497 e. The number of ether oxygens (including phenoxy) is 3. The van der Waals surface area contributed by atoms with Gasteiger partial charge < -0.3 is 24.4 Å². The van der Waals surface area contributed by atoms with Crippen molar-refractivity contribution in [1.82, 2.24) is 0 Å². The number of aryl methyl sites for hydroxylation is 1. The Balaban J connectivity index is 2.02. The molecule has 0 spiro atoms. The second-order valence-corrected chi connectivity index (χ2v) is 8.61. The van der Waals surface area contributed by atoms with E-state index in [1.165, 1.54) is 0 Å². The molecule has 1 atom stereocenters. The molecule has 36 heavy (non-hydrogen) atoms. The zero-order valence-corrected chi connectivity index (χ0v) is 21.3. The highest BCUT2D eigenvalue weighted by Gasteiger charge is 2.34. The zero-order chi connectivity index (χ0) is 26.0. The van der Waals surface area contributed by atoms with E-state index in [4.69, 9.17) is 19.3 Å². The zero-order valence-electron chi connectivity index (χ0n) is 21.3. The third-order valence-corrected chi connectivity index (χ3v) is 6.21. The summed E-state index contributed by atoms with van der Waals surface area (Å²) in [4.78, 5) is 10.8. The molecule has 0 amide bonds. The molecule has 0 aromatic heterocycles. The summed E-state index contributed by atoms with van der Waals surface area (Å²) in [6, 6.07) is 20.7. The molecule has 6 heteroatoms. The number of rotatable bonds is 14. The molecule has 0 radical (unpaired) electrons. The standard InChI is InChI=1S/C30H36O6/c1-4-35-27-18-13-24(14-19-27)30(33,23-11-16-26(34-3)17-12-23)25-15-20-28(36-5-2)22(21-25)9-7-6-8-10-29(31)32/h11-21,33H,4-10H2,1-3H3,(H,31,32). The van der Waals surface area contributed by atoms with Gasteiger partial charge in [-0.3, -0.25) is 4.79 Å². The quantitative estimate of drug-likeness (QED) is 0.213. The molecule has 0 fully saturated rings. The number of carbonyl (C=O) groups is 1.